The molecule has 2 heterocycles. The molecule has 2 N–H and O–H groups in total. The van der Waals surface area contributed by atoms with Crippen molar-refractivity contribution in [3.63, 3.8) is 0 Å². The van der Waals surface area contributed by atoms with Gasteiger partial charge in [0.15, 0.2) is 22.3 Å². The lowest BCUT2D eigenvalue weighted by Crippen LogP contribution is -2.43. The van der Waals surface area contributed by atoms with Crippen molar-refractivity contribution in [2.45, 2.75) is 25.7 Å². The monoisotopic (exact) mass is 653 g/mol. The van der Waals surface area contributed by atoms with Crippen LogP contribution in [0.15, 0.2) is 63.8 Å². The normalized spacial score (nSPS) is 12.2. The Labute approximate surface area is 242 Å². The summed E-state index contributed by atoms with van der Waals surface area (Å²) in [5, 5.41) is 12.1. The Bertz CT molecular complexity index is 1630. The van der Waals surface area contributed by atoms with E-state index in [1.54, 1.807) is 19.1 Å². The van der Waals surface area contributed by atoms with Crippen molar-refractivity contribution in [2.24, 2.45) is 5.73 Å². The van der Waals surface area contributed by atoms with Crippen molar-refractivity contribution < 1.29 is 45.8 Å². The fourth-order valence-corrected chi connectivity index (χ4v) is 4.40. The first-order valence-corrected chi connectivity index (χ1v) is 12.7. The van der Waals surface area contributed by atoms with Crippen LogP contribution in [0.25, 0.3) is 11.3 Å². The lowest BCUT2D eigenvalue weighted by molar-refractivity contribution is -0.267. The minimum atomic E-state index is -4.58. The van der Waals surface area contributed by atoms with E-state index in [1.807, 2.05) is 0 Å². The zero-order valence-electron chi connectivity index (χ0n) is 21.4. The van der Waals surface area contributed by atoms with E-state index in [9.17, 15) is 32.3 Å². The average Bonchev–Trinajstić information content (AvgIpc) is 3.31. The summed E-state index contributed by atoms with van der Waals surface area (Å²) in [6, 6.07) is 8.74. The summed E-state index contributed by atoms with van der Waals surface area (Å²) < 4.78 is 79.4. The van der Waals surface area contributed by atoms with E-state index in [2.05, 4.69) is 25.9 Å². The number of pyridine rings is 1. The summed E-state index contributed by atoms with van der Waals surface area (Å²) in [4.78, 5) is 32.9. The summed E-state index contributed by atoms with van der Waals surface area (Å²) in [6.07, 6.45) is -6.26. The van der Waals surface area contributed by atoms with E-state index < -0.39 is 59.3 Å². The van der Waals surface area contributed by atoms with Crippen molar-refractivity contribution in [3.05, 3.63) is 99.3 Å². The highest BCUT2D eigenvalue weighted by Gasteiger charge is 2.31. The molecule has 0 spiro atoms. The highest BCUT2D eigenvalue weighted by Crippen LogP contribution is 2.36. The van der Waals surface area contributed by atoms with Gasteiger partial charge in [0.1, 0.15) is 23.2 Å². The van der Waals surface area contributed by atoms with Gasteiger partial charge in [-0.15, -0.1) is 0 Å². The molecular formula is C27H19BrF5N4O5-. The number of alkyl halides is 3. The topological polar surface area (TPSA) is 135 Å². The van der Waals surface area contributed by atoms with Crippen LogP contribution in [0.2, 0.25) is 0 Å². The van der Waals surface area contributed by atoms with Gasteiger partial charge in [-0.2, -0.15) is 13.2 Å². The third-order valence-electron chi connectivity index (χ3n) is 6.06. The fourth-order valence-electron chi connectivity index (χ4n) is 3.91. The Morgan fingerprint density at radius 1 is 1.14 bits per heavy atom. The van der Waals surface area contributed by atoms with Crippen molar-refractivity contribution in [1.82, 2.24) is 14.9 Å². The first-order chi connectivity index (χ1) is 19.8. The van der Waals surface area contributed by atoms with Crippen molar-refractivity contribution in [2.75, 3.05) is 6.54 Å². The van der Waals surface area contributed by atoms with Crippen LogP contribution in [-0.2, 0) is 12.7 Å². The molecule has 2 aromatic heterocycles. The molecule has 0 radical (unpaired) electrons. The van der Waals surface area contributed by atoms with Crippen LogP contribution in [0.3, 0.4) is 0 Å². The predicted molar refractivity (Wildman–Crippen MR) is 138 cm³/mol. The van der Waals surface area contributed by atoms with E-state index in [-0.39, 0.29) is 28.4 Å². The van der Waals surface area contributed by atoms with E-state index in [0.717, 1.165) is 41.3 Å². The number of benzene rings is 2. The number of hydrogen-bond donors (Lipinski definition) is 1. The number of nitrogens with two attached hydrogens (primary N) is 1. The number of carbonyl (C=O) groups is 2. The van der Waals surface area contributed by atoms with Crippen LogP contribution in [0.4, 0.5) is 26.7 Å². The molecule has 1 atom stereocenters. The smallest absolute Gasteiger partial charge is 0.416 e. The number of hydrogen-bond acceptors (Lipinski definition) is 7. The van der Waals surface area contributed by atoms with E-state index in [0.29, 0.717) is 11.3 Å². The molecule has 0 fully saturated rings. The molecule has 4 rings (SSSR count). The van der Waals surface area contributed by atoms with Gasteiger partial charge in [-0.25, -0.2) is 13.8 Å². The van der Waals surface area contributed by atoms with Crippen molar-refractivity contribution >= 4 is 27.9 Å². The first-order valence-electron chi connectivity index (χ1n) is 11.9. The van der Waals surface area contributed by atoms with Gasteiger partial charge in [-0.3, -0.25) is 9.78 Å². The standard InChI is InChI=1S/C27H20BrF5N4O5/c1-13-15(3-2-10-35-13)11-37(26(39)40)12-19(41-18-9-8-17(29)20(21(18)30)24(34)38)25-36-22(23(28)42-25)14-4-6-16(7-5-14)27(31,32)33/h2-10,19H,11-12H2,1H3,(H2,34,38)(H,39,40)/p-1. The van der Waals surface area contributed by atoms with Crippen LogP contribution >= 0.6 is 15.9 Å². The molecular weight excluding hydrogens is 635 g/mol. The van der Waals surface area contributed by atoms with E-state index >= 15 is 4.39 Å². The van der Waals surface area contributed by atoms with Gasteiger partial charge in [0.2, 0.25) is 5.89 Å². The van der Waals surface area contributed by atoms with Crippen LogP contribution in [-0.4, -0.2) is 33.4 Å². The first kappa shape index (κ1) is 30.4. The molecule has 2 aromatic carbocycles. The Morgan fingerprint density at radius 2 is 1.83 bits per heavy atom. The van der Waals surface area contributed by atoms with Gasteiger partial charge < -0.3 is 29.7 Å². The Hall–Kier alpha value is -4.53. The van der Waals surface area contributed by atoms with E-state index in [4.69, 9.17) is 14.9 Å². The number of ether oxygens (including phenoxy) is 1. The number of aryl methyl sites for hydroxylation is 1. The number of carbonyl (C=O) groups excluding carboxylic acids is 2. The van der Waals surface area contributed by atoms with Crippen molar-refractivity contribution in [1.29, 1.82) is 0 Å². The minimum absolute atomic E-state index is 0.0211. The second-order valence-corrected chi connectivity index (χ2v) is 9.57. The molecule has 1 unspecified atom stereocenters. The highest BCUT2D eigenvalue weighted by atomic mass is 79.9. The number of nitrogens with zero attached hydrogens (tertiary/aromatic N) is 3. The molecule has 0 aliphatic rings. The average molecular weight is 654 g/mol. The number of aromatic nitrogens is 2. The number of amides is 2. The number of carboxylic acid groups (broad SMARTS) is 1. The Balaban J connectivity index is 1.75. The molecule has 42 heavy (non-hydrogen) atoms. The van der Waals surface area contributed by atoms with Gasteiger partial charge >= 0.3 is 6.18 Å². The third-order valence-corrected chi connectivity index (χ3v) is 6.59. The van der Waals surface area contributed by atoms with Crippen LogP contribution in [0, 0.1) is 18.6 Å². The molecule has 2 amide bonds. The molecule has 4 aromatic rings. The SMILES string of the molecule is Cc1ncccc1CN(CC(Oc1ccc(F)c(C(N)=O)c1F)c1nc(-c2ccc(C(F)(F)F)cc2)c(Br)o1)C(=O)[O-]. The van der Waals surface area contributed by atoms with Gasteiger partial charge in [0.05, 0.1) is 12.1 Å². The molecule has 0 aliphatic heterocycles. The fraction of sp³-hybridized carbons (Fsp3) is 0.185. The second kappa shape index (κ2) is 12.1. The molecule has 9 nitrogen and oxygen atoms in total. The van der Waals surface area contributed by atoms with Gasteiger partial charge in [-0.1, -0.05) is 18.2 Å². The van der Waals surface area contributed by atoms with Gasteiger partial charge in [-0.05, 0) is 58.7 Å². The molecule has 0 saturated carbocycles. The number of primary amides is 1. The Kier molecular flexibility index (Phi) is 8.80. The molecule has 0 saturated heterocycles. The van der Waals surface area contributed by atoms with Crippen LogP contribution < -0.4 is 15.6 Å². The van der Waals surface area contributed by atoms with Gasteiger partial charge in [0.25, 0.3) is 5.91 Å². The maximum Gasteiger partial charge on any atom is 0.416 e. The maximum atomic E-state index is 15.1. The maximum absolute atomic E-state index is 15.1. The highest BCUT2D eigenvalue weighted by molar-refractivity contribution is 9.10. The number of halogens is 6. The summed E-state index contributed by atoms with van der Waals surface area (Å²) in [5.41, 5.74) is 4.33. The summed E-state index contributed by atoms with van der Waals surface area (Å²) in [6.45, 7) is 0.824. The minimum Gasteiger partial charge on any atom is -0.530 e. The second-order valence-electron chi connectivity index (χ2n) is 8.85. The lowest BCUT2D eigenvalue weighted by atomic mass is 10.1. The van der Waals surface area contributed by atoms with Crippen LogP contribution in [0.1, 0.15) is 39.2 Å². The largest absolute Gasteiger partial charge is 0.530 e. The number of oxazole rings is 1. The van der Waals surface area contributed by atoms with Crippen LogP contribution in [0.5, 0.6) is 5.75 Å². The zero-order chi connectivity index (χ0) is 30.8. The third kappa shape index (κ3) is 6.67. The van der Waals surface area contributed by atoms with E-state index in [1.165, 1.54) is 6.20 Å². The molecule has 0 bridgehead atoms. The predicted octanol–water partition coefficient (Wildman–Crippen LogP) is 5.17. The molecule has 0 aliphatic carbocycles. The lowest BCUT2D eigenvalue weighted by Gasteiger charge is -2.29. The Morgan fingerprint density at radius 3 is 2.43 bits per heavy atom. The van der Waals surface area contributed by atoms with Crippen molar-refractivity contribution in [3.8, 4) is 17.0 Å². The number of rotatable bonds is 9. The quantitative estimate of drug-likeness (QED) is 0.246. The molecule has 15 heteroatoms. The summed E-state index contributed by atoms with van der Waals surface area (Å²) >= 11 is 3.14. The van der Waals surface area contributed by atoms with Gasteiger partial charge in [0, 0.05) is 24.0 Å². The summed E-state index contributed by atoms with van der Waals surface area (Å²) in [7, 11) is 0. The zero-order valence-corrected chi connectivity index (χ0v) is 23.0. The summed E-state index contributed by atoms with van der Waals surface area (Å²) in [5.74, 6) is -5.15. The molecule has 220 valence electrons.